The van der Waals surface area contributed by atoms with Crippen LogP contribution in [-0.4, -0.2) is 34.1 Å². The summed E-state index contributed by atoms with van der Waals surface area (Å²) in [5.74, 6) is -0.00264. The van der Waals surface area contributed by atoms with Crippen LogP contribution in [0.1, 0.15) is 13.3 Å². The van der Waals surface area contributed by atoms with E-state index >= 15 is 0 Å². The van der Waals surface area contributed by atoms with Crippen LogP contribution in [0.25, 0.3) is 0 Å². The van der Waals surface area contributed by atoms with Crippen molar-refractivity contribution in [2.45, 2.75) is 25.6 Å². The molecule has 0 aromatic heterocycles. The molecule has 1 fully saturated rings. The van der Waals surface area contributed by atoms with Gasteiger partial charge < -0.3 is 15.3 Å². The molecule has 0 heterocycles. The van der Waals surface area contributed by atoms with E-state index in [-0.39, 0.29) is 18.4 Å². The summed E-state index contributed by atoms with van der Waals surface area (Å²) in [4.78, 5) is 0. The second kappa shape index (κ2) is 2.86. The minimum Gasteiger partial charge on any atom is -0.396 e. The van der Waals surface area contributed by atoms with E-state index in [9.17, 15) is 10.2 Å². The molecule has 1 saturated carbocycles. The highest BCUT2D eigenvalue weighted by Crippen LogP contribution is 2.30. The van der Waals surface area contributed by atoms with Gasteiger partial charge in [0, 0.05) is 12.5 Å². The predicted molar refractivity (Wildman–Crippen MR) is 36.4 cm³/mol. The Balaban J connectivity index is 2.53. The van der Waals surface area contributed by atoms with E-state index in [1.165, 1.54) is 0 Å². The Bertz CT molecular complexity index is 115. The molecule has 0 spiro atoms. The van der Waals surface area contributed by atoms with Crippen LogP contribution in [0, 0.1) is 11.8 Å². The molecule has 1 aliphatic carbocycles. The van der Waals surface area contributed by atoms with Gasteiger partial charge in [0.15, 0.2) is 0 Å². The van der Waals surface area contributed by atoms with Crippen LogP contribution in [0.3, 0.4) is 0 Å². The SMILES string of the molecule is C[C@H]1C[C@H](CO)[C@H](O)[C@@H]1O. The van der Waals surface area contributed by atoms with Crippen LogP contribution < -0.4 is 0 Å². The molecule has 60 valence electrons. The Hall–Kier alpha value is -0.120. The number of aliphatic hydroxyl groups excluding tert-OH is 3. The molecule has 0 saturated heterocycles. The monoisotopic (exact) mass is 146 g/mol. The van der Waals surface area contributed by atoms with E-state index in [1.54, 1.807) is 0 Å². The Morgan fingerprint density at radius 2 is 1.90 bits per heavy atom. The molecule has 0 aromatic rings. The van der Waals surface area contributed by atoms with Crippen molar-refractivity contribution in [1.29, 1.82) is 0 Å². The maximum atomic E-state index is 9.22. The first-order chi connectivity index (χ1) is 4.66. The van der Waals surface area contributed by atoms with Gasteiger partial charge in [0.1, 0.15) is 0 Å². The van der Waals surface area contributed by atoms with Crippen molar-refractivity contribution in [1.82, 2.24) is 0 Å². The summed E-state index contributed by atoms with van der Waals surface area (Å²) in [6, 6.07) is 0. The van der Waals surface area contributed by atoms with E-state index in [1.807, 2.05) is 6.92 Å². The number of aliphatic hydroxyl groups is 3. The summed E-state index contributed by atoms with van der Waals surface area (Å²) >= 11 is 0. The Labute approximate surface area is 60.3 Å². The second-order valence-corrected chi connectivity index (χ2v) is 3.14. The summed E-state index contributed by atoms with van der Waals surface area (Å²) in [6.07, 6.45) is -0.643. The van der Waals surface area contributed by atoms with Gasteiger partial charge in [0.2, 0.25) is 0 Å². The fourth-order valence-corrected chi connectivity index (χ4v) is 1.55. The molecule has 0 unspecified atom stereocenters. The number of hydrogen-bond donors (Lipinski definition) is 3. The molecule has 0 radical (unpaired) electrons. The third-order valence-electron chi connectivity index (χ3n) is 2.32. The Kier molecular flexibility index (Phi) is 2.28. The molecule has 1 aliphatic rings. The summed E-state index contributed by atoms with van der Waals surface area (Å²) in [6.45, 7) is 1.85. The minimum atomic E-state index is -0.722. The van der Waals surface area contributed by atoms with Crippen molar-refractivity contribution in [3.05, 3.63) is 0 Å². The van der Waals surface area contributed by atoms with Crippen molar-refractivity contribution in [2.24, 2.45) is 11.8 Å². The van der Waals surface area contributed by atoms with Gasteiger partial charge in [-0.1, -0.05) is 6.92 Å². The Morgan fingerprint density at radius 1 is 1.30 bits per heavy atom. The minimum absolute atomic E-state index is 0.0252. The van der Waals surface area contributed by atoms with Crippen LogP contribution in [0.4, 0.5) is 0 Å². The summed E-state index contributed by atoms with van der Waals surface area (Å²) in [5, 5.41) is 27.1. The highest BCUT2D eigenvalue weighted by Gasteiger charge is 2.38. The zero-order chi connectivity index (χ0) is 7.72. The molecular weight excluding hydrogens is 132 g/mol. The zero-order valence-electron chi connectivity index (χ0n) is 6.07. The third-order valence-corrected chi connectivity index (χ3v) is 2.32. The molecule has 3 N–H and O–H groups in total. The normalized spacial score (nSPS) is 48.0. The number of rotatable bonds is 1. The topological polar surface area (TPSA) is 60.7 Å². The van der Waals surface area contributed by atoms with E-state index in [0.717, 1.165) is 6.42 Å². The lowest BCUT2D eigenvalue weighted by Crippen LogP contribution is -2.28. The first-order valence-corrected chi connectivity index (χ1v) is 3.63. The van der Waals surface area contributed by atoms with Crippen LogP contribution in [0.2, 0.25) is 0 Å². The third kappa shape index (κ3) is 1.17. The van der Waals surface area contributed by atoms with Crippen molar-refractivity contribution in [3.8, 4) is 0 Å². The quantitative estimate of drug-likeness (QED) is 0.461. The lowest BCUT2D eigenvalue weighted by molar-refractivity contribution is -0.00366. The fraction of sp³-hybridized carbons (Fsp3) is 1.00. The zero-order valence-corrected chi connectivity index (χ0v) is 6.07. The van der Waals surface area contributed by atoms with Gasteiger partial charge in [0.05, 0.1) is 12.2 Å². The second-order valence-electron chi connectivity index (χ2n) is 3.14. The maximum absolute atomic E-state index is 9.22. The standard InChI is InChI=1S/C7H14O3/c1-4-2-5(3-8)7(10)6(4)9/h4-10H,2-3H2,1H3/t4-,5+,6+,7-/m0/s1. The van der Waals surface area contributed by atoms with Crippen molar-refractivity contribution in [2.75, 3.05) is 6.61 Å². The fourth-order valence-electron chi connectivity index (χ4n) is 1.55. The van der Waals surface area contributed by atoms with E-state index < -0.39 is 12.2 Å². The lowest BCUT2D eigenvalue weighted by Gasteiger charge is -2.13. The van der Waals surface area contributed by atoms with Gasteiger partial charge in [-0.25, -0.2) is 0 Å². The highest BCUT2D eigenvalue weighted by atomic mass is 16.3. The molecule has 0 amide bonds. The summed E-state index contributed by atoms with van der Waals surface area (Å²) < 4.78 is 0. The smallest absolute Gasteiger partial charge is 0.0851 e. The van der Waals surface area contributed by atoms with Crippen LogP contribution in [-0.2, 0) is 0 Å². The molecular formula is C7H14O3. The van der Waals surface area contributed by atoms with E-state index in [2.05, 4.69) is 0 Å². The molecule has 3 nitrogen and oxygen atoms in total. The maximum Gasteiger partial charge on any atom is 0.0851 e. The highest BCUT2D eigenvalue weighted by molar-refractivity contribution is 4.88. The molecule has 10 heavy (non-hydrogen) atoms. The Morgan fingerprint density at radius 3 is 2.10 bits per heavy atom. The van der Waals surface area contributed by atoms with Gasteiger partial charge in [0.25, 0.3) is 0 Å². The van der Waals surface area contributed by atoms with Crippen LogP contribution >= 0.6 is 0 Å². The summed E-state index contributed by atoms with van der Waals surface area (Å²) in [7, 11) is 0. The van der Waals surface area contributed by atoms with Crippen LogP contribution in [0.15, 0.2) is 0 Å². The molecule has 0 aromatic carbocycles. The largest absolute Gasteiger partial charge is 0.396 e. The van der Waals surface area contributed by atoms with Gasteiger partial charge in [-0.3, -0.25) is 0 Å². The molecule has 3 heteroatoms. The molecule has 1 rings (SSSR count). The van der Waals surface area contributed by atoms with Crippen molar-refractivity contribution < 1.29 is 15.3 Å². The van der Waals surface area contributed by atoms with Gasteiger partial charge in [-0.05, 0) is 12.3 Å². The average Bonchev–Trinajstić information content (AvgIpc) is 2.17. The average molecular weight is 146 g/mol. The first-order valence-electron chi connectivity index (χ1n) is 3.63. The van der Waals surface area contributed by atoms with E-state index in [4.69, 9.17) is 5.11 Å². The predicted octanol–water partition coefficient (Wildman–Crippen LogP) is -0.643. The molecule has 4 atom stereocenters. The molecule has 0 aliphatic heterocycles. The lowest BCUT2D eigenvalue weighted by atomic mass is 10.1. The van der Waals surface area contributed by atoms with Crippen molar-refractivity contribution in [3.63, 3.8) is 0 Å². The van der Waals surface area contributed by atoms with Gasteiger partial charge in [-0.2, -0.15) is 0 Å². The van der Waals surface area contributed by atoms with Gasteiger partial charge >= 0.3 is 0 Å². The van der Waals surface area contributed by atoms with Crippen LogP contribution in [0.5, 0.6) is 0 Å². The number of hydrogen-bond acceptors (Lipinski definition) is 3. The van der Waals surface area contributed by atoms with Crippen molar-refractivity contribution >= 4 is 0 Å². The van der Waals surface area contributed by atoms with Gasteiger partial charge in [-0.15, -0.1) is 0 Å². The summed E-state index contributed by atoms with van der Waals surface area (Å²) in [5.41, 5.74) is 0. The molecule has 0 bridgehead atoms. The van der Waals surface area contributed by atoms with E-state index in [0.29, 0.717) is 0 Å². The first kappa shape index (κ1) is 7.98.